The second kappa shape index (κ2) is 5.74. The molecule has 18 heavy (non-hydrogen) atoms. The molecule has 2 aromatic rings. The van der Waals surface area contributed by atoms with Gasteiger partial charge in [0.1, 0.15) is 17.5 Å². The van der Waals surface area contributed by atoms with Gasteiger partial charge in [-0.1, -0.05) is 34.8 Å². The third-order valence-electron chi connectivity index (χ3n) is 2.12. The summed E-state index contributed by atoms with van der Waals surface area (Å²) in [5.41, 5.74) is 0.783. The van der Waals surface area contributed by atoms with E-state index in [0.29, 0.717) is 26.8 Å². The normalized spacial score (nSPS) is 10.4. The maximum absolute atomic E-state index is 5.97. The number of aromatic nitrogens is 2. The SMILES string of the molecule is Cc1cc(Cl)nc(COc2cc(Cl)ccc2Cl)n1. The van der Waals surface area contributed by atoms with Gasteiger partial charge in [-0.3, -0.25) is 0 Å². The summed E-state index contributed by atoms with van der Waals surface area (Å²) in [5, 5.41) is 1.43. The zero-order chi connectivity index (χ0) is 13.1. The zero-order valence-corrected chi connectivity index (χ0v) is 11.7. The standard InChI is InChI=1S/C12H9Cl3N2O/c1-7-4-11(15)17-12(16-7)6-18-10-5-8(13)2-3-9(10)14/h2-5H,6H2,1H3. The van der Waals surface area contributed by atoms with Crippen LogP contribution in [0, 0.1) is 6.92 Å². The van der Waals surface area contributed by atoms with E-state index in [1.54, 1.807) is 24.3 Å². The highest BCUT2D eigenvalue weighted by molar-refractivity contribution is 6.34. The summed E-state index contributed by atoms with van der Waals surface area (Å²) in [6, 6.07) is 6.68. The number of ether oxygens (including phenoxy) is 1. The number of hydrogen-bond donors (Lipinski definition) is 0. The fourth-order valence-corrected chi connectivity index (χ4v) is 1.97. The van der Waals surface area contributed by atoms with Gasteiger partial charge in [0.05, 0.1) is 5.02 Å². The van der Waals surface area contributed by atoms with Gasteiger partial charge in [-0.2, -0.15) is 0 Å². The summed E-state index contributed by atoms with van der Waals surface area (Å²) >= 11 is 17.7. The van der Waals surface area contributed by atoms with Crippen LogP contribution in [0.15, 0.2) is 24.3 Å². The van der Waals surface area contributed by atoms with E-state index in [2.05, 4.69) is 9.97 Å². The van der Waals surface area contributed by atoms with Crippen molar-refractivity contribution >= 4 is 34.8 Å². The predicted molar refractivity (Wildman–Crippen MR) is 72.6 cm³/mol. The first-order valence-corrected chi connectivity index (χ1v) is 6.26. The molecule has 2 rings (SSSR count). The summed E-state index contributed by atoms with van der Waals surface area (Å²) in [6.45, 7) is 2.02. The van der Waals surface area contributed by atoms with Gasteiger partial charge in [0, 0.05) is 16.8 Å². The largest absolute Gasteiger partial charge is 0.484 e. The lowest BCUT2D eigenvalue weighted by molar-refractivity contribution is 0.295. The smallest absolute Gasteiger partial charge is 0.167 e. The van der Waals surface area contributed by atoms with Gasteiger partial charge >= 0.3 is 0 Å². The molecule has 0 aliphatic carbocycles. The highest BCUT2D eigenvalue weighted by atomic mass is 35.5. The Morgan fingerprint density at radius 2 is 1.89 bits per heavy atom. The van der Waals surface area contributed by atoms with Crippen LogP contribution in [0.3, 0.4) is 0 Å². The number of nitrogens with zero attached hydrogens (tertiary/aromatic N) is 2. The lowest BCUT2D eigenvalue weighted by Gasteiger charge is -2.08. The van der Waals surface area contributed by atoms with Gasteiger partial charge in [0.15, 0.2) is 5.82 Å². The summed E-state index contributed by atoms with van der Waals surface area (Å²) in [5.74, 6) is 0.987. The van der Waals surface area contributed by atoms with Crippen molar-refractivity contribution < 1.29 is 4.74 Å². The van der Waals surface area contributed by atoms with Crippen molar-refractivity contribution in [3.63, 3.8) is 0 Å². The molecule has 0 bridgehead atoms. The maximum Gasteiger partial charge on any atom is 0.167 e. The van der Waals surface area contributed by atoms with Gasteiger partial charge in [-0.15, -0.1) is 0 Å². The van der Waals surface area contributed by atoms with E-state index < -0.39 is 0 Å². The topological polar surface area (TPSA) is 35.0 Å². The van der Waals surface area contributed by atoms with Crippen LogP contribution in [0.2, 0.25) is 15.2 Å². The Kier molecular flexibility index (Phi) is 4.27. The first kappa shape index (κ1) is 13.4. The predicted octanol–water partition coefficient (Wildman–Crippen LogP) is 4.32. The molecule has 0 spiro atoms. The molecular formula is C12H9Cl3N2O. The van der Waals surface area contributed by atoms with Crippen molar-refractivity contribution in [1.82, 2.24) is 9.97 Å². The summed E-state index contributed by atoms with van der Waals surface area (Å²) in [6.07, 6.45) is 0. The molecule has 0 atom stereocenters. The Bertz CT molecular complexity index is 555. The molecule has 0 unspecified atom stereocenters. The monoisotopic (exact) mass is 302 g/mol. The fourth-order valence-electron chi connectivity index (χ4n) is 1.38. The molecule has 6 heteroatoms. The Morgan fingerprint density at radius 1 is 1.11 bits per heavy atom. The second-order valence-electron chi connectivity index (χ2n) is 3.61. The van der Waals surface area contributed by atoms with E-state index in [9.17, 15) is 0 Å². The van der Waals surface area contributed by atoms with Crippen LogP contribution in [0.5, 0.6) is 5.75 Å². The third-order valence-corrected chi connectivity index (χ3v) is 2.86. The molecule has 94 valence electrons. The number of rotatable bonds is 3. The average Bonchev–Trinajstić information content (AvgIpc) is 2.29. The number of aryl methyl sites for hydroxylation is 1. The molecule has 1 aromatic heterocycles. The van der Waals surface area contributed by atoms with E-state index >= 15 is 0 Å². The Morgan fingerprint density at radius 3 is 2.61 bits per heavy atom. The van der Waals surface area contributed by atoms with Gasteiger partial charge in [0.2, 0.25) is 0 Å². The molecule has 0 fully saturated rings. The van der Waals surface area contributed by atoms with Gasteiger partial charge < -0.3 is 4.74 Å². The van der Waals surface area contributed by atoms with Gasteiger partial charge in [-0.05, 0) is 25.1 Å². The minimum Gasteiger partial charge on any atom is -0.484 e. The molecular weight excluding hydrogens is 295 g/mol. The second-order valence-corrected chi connectivity index (χ2v) is 4.84. The maximum atomic E-state index is 5.97. The first-order valence-electron chi connectivity index (χ1n) is 5.12. The molecule has 3 nitrogen and oxygen atoms in total. The highest BCUT2D eigenvalue weighted by Crippen LogP contribution is 2.28. The molecule has 1 aromatic carbocycles. The first-order chi connectivity index (χ1) is 8.54. The quantitative estimate of drug-likeness (QED) is 0.792. The van der Waals surface area contributed by atoms with Crippen LogP contribution in [-0.2, 0) is 6.61 Å². The minimum atomic E-state index is 0.182. The summed E-state index contributed by atoms with van der Waals surface area (Å²) < 4.78 is 5.51. The molecule has 1 heterocycles. The van der Waals surface area contributed by atoms with Gasteiger partial charge in [-0.25, -0.2) is 9.97 Å². The molecule has 0 N–H and O–H groups in total. The van der Waals surface area contributed by atoms with E-state index in [-0.39, 0.29) is 6.61 Å². The van der Waals surface area contributed by atoms with E-state index in [4.69, 9.17) is 39.5 Å². The van der Waals surface area contributed by atoms with Crippen LogP contribution in [0.1, 0.15) is 11.5 Å². The third kappa shape index (κ3) is 3.48. The highest BCUT2D eigenvalue weighted by Gasteiger charge is 2.05. The number of hydrogen-bond acceptors (Lipinski definition) is 3. The van der Waals surface area contributed by atoms with Gasteiger partial charge in [0.25, 0.3) is 0 Å². The van der Waals surface area contributed by atoms with Crippen LogP contribution in [0.25, 0.3) is 0 Å². The van der Waals surface area contributed by atoms with Crippen molar-refractivity contribution in [2.75, 3.05) is 0 Å². The average molecular weight is 304 g/mol. The van der Waals surface area contributed by atoms with Crippen molar-refractivity contribution in [1.29, 1.82) is 0 Å². The Balaban J connectivity index is 2.13. The Hall–Kier alpha value is -1.03. The van der Waals surface area contributed by atoms with Crippen molar-refractivity contribution in [3.8, 4) is 5.75 Å². The zero-order valence-electron chi connectivity index (χ0n) is 9.45. The van der Waals surface area contributed by atoms with Crippen molar-refractivity contribution in [2.24, 2.45) is 0 Å². The van der Waals surface area contributed by atoms with Crippen molar-refractivity contribution in [2.45, 2.75) is 13.5 Å². The number of halogens is 3. The molecule has 0 radical (unpaired) electrons. The Labute approximate surface area is 120 Å². The molecule has 0 aliphatic rings. The molecule has 0 saturated heterocycles. The van der Waals surface area contributed by atoms with E-state index in [1.807, 2.05) is 6.92 Å². The lowest BCUT2D eigenvalue weighted by Crippen LogP contribution is -2.03. The van der Waals surface area contributed by atoms with Crippen LogP contribution in [-0.4, -0.2) is 9.97 Å². The minimum absolute atomic E-state index is 0.182. The van der Waals surface area contributed by atoms with Crippen LogP contribution >= 0.6 is 34.8 Å². The summed E-state index contributed by atoms with van der Waals surface area (Å²) in [7, 11) is 0. The van der Waals surface area contributed by atoms with Crippen LogP contribution < -0.4 is 4.74 Å². The molecule has 0 aliphatic heterocycles. The van der Waals surface area contributed by atoms with Crippen LogP contribution in [0.4, 0.5) is 0 Å². The van der Waals surface area contributed by atoms with Crippen molar-refractivity contribution in [3.05, 3.63) is 51.0 Å². The van der Waals surface area contributed by atoms with E-state index in [1.165, 1.54) is 0 Å². The molecule has 0 saturated carbocycles. The fraction of sp³-hybridized carbons (Fsp3) is 0.167. The summed E-state index contributed by atoms with van der Waals surface area (Å²) in [4.78, 5) is 8.26. The number of benzene rings is 1. The lowest BCUT2D eigenvalue weighted by atomic mass is 10.3. The molecule has 0 amide bonds. The van der Waals surface area contributed by atoms with E-state index in [0.717, 1.165) is 5.69 Å².